The van der Waals surface area contributed by atoms with Gasteiger partial charge in [-0.05, 0) is 24.3 Å². The molecule has 2 aromatic carbocycles. The molecule has 0 unspecified atom stereocenters. The van der Waals surface area contributed by atoms with Gasteiger partial charge in [0.25, 0.3) is 11.6 Å². The second-order valence-corrected chi connectivity index (χ2v) is 5.80. The molecule has 3 N–H and O–H groups in total. The minimum absolute atomic E-state index is 0.101. The van der Waals surface area contributed by atoms with Gasteiger partial charge >= 0.3 is 5.97 Å². The number of hydrogen-bond donors (Lipinski definition) is 3. The molecule has 11 heteroatoms. The summed E-state index contributed by atoms with van der Waals surface area (Å²) < 4.78 is 18.0. The Balaban J connectivity index is 2.06. The van der Waals surface area contributed by atoms with Gasteiger partial charge in [0.2, 0.25) is 0 Å². The van der Waals surface area contributed by atoms with Crippen molar-refractivity contribution in [3.63, 3.8) is 0 Å². The van der Waals surface area contributed by atoms with E-state index < -0.39 is 29.2 Å². The lowest BCUT2D eigenvalue weighted by Gasteiger charge is -2.11. The van der Waals surface area contributed by atoms with E-state index in [2.05, 4.69) is 10.6 Å². The Morgan fingerprint density at radius 3 is 2.64 bits per heavy atom. The molecule has 0 aromatic heterocycles. The number of anilines is 2. The van der Waals surface area contributed by atoms with Crippen LogP contribution in [0, 0.1) is 15.9 Å². The topological polar surface area (TPSA) is 131 Å². The van der Waals surface area contributed by atoms with Gasteiger partial charge in [-0.25, -0.2) is 9.18 Å². The fourth-order valence-electron chi connectivity index (χ4n) is 2.14. The highest BCUT2D eigenvalue weighted by atomic mass is 35.5. The van der Waals surface area contributed by atoms with Crippen molar-refractivity contribution in [3.8, 4) is 0 Å². The van der Waals surface area contributed by atoms with Gasteiger partial charge in [0.1, 0.15) is 5.82 Å². The number of aliphatic hydroxyl groups is 1. The molecule has 0 atom stereocenters. The maximum absolute atomic E-state index is 13.1. The SMILES string of the molecule is O=C(COC(=O)c1cc([N+](=O)[O-])ccc1NCCO)Nc1ccc(F)c(Cl)c1. The molecule has 0 spiro atoms. The fourth-order valence-corrected chi connectivity index (χ4v) is 2.32. The number of carbonyl (C=O) groups excluding carboxylic acids is 2. The molecule has 0 fully saturated rings. The number of amides is 1. The minimum Gasteiger partial charge on any atom is -0.452 e. The van der Waals surface area contributed by atoms with Gasteiger partial charge in [-0.15, -0.1) is 0 Å². The highest BCUT2D eigenvalue weighted by molar-refractivity contribution is 6.31. The van der Waals surface area contributed by atoms with Crippen molar-refractivity contribution in [1.29, 1.82) is 0 Å². The first-order chi connectivity index (χ1) is 13.3. The molecule has 0 saturated carbocycles. The van der Waals surface area contributed by atoms with Crippen molar-refractivity contribution in [3.05, 3.63) is 62.9 Å². The number of carbonyl (C=O) groups is 2. The third-order valence-electron chi connectivity index (χ3n) is 3.40. The predicted molar refractivity (Wildman–Crippen MR) is 99.0 cm³/mol. The molecule has 0 radical (unpaired) electrons. The molecule has 0 aliphatic carbocycles. The Morgan fingerprint density at radius 2 is 2.00 bits per heavy atom. The molecular formula is C17H15ClFN3O6. The molecule has 0 saturated heterocycles. The van der Waals surface area contributed by atoms with Crippen molar-refractivity contribution in [2.24, 2.45) is 0 Å². The number of halogens is 2. The van der Waals surface area contributed by atoms with Gasteiger partial charge in [0.15, 0.2) is 6.61 Å². The molecule has 2 aromatic rings. The van der Waals surface area contributed by atoms with Crippen LogP contribution in [0.3, 0.4) is 0 Å². The summed E-state index contributed by atoms with van der Waals surface area (Å²) in [7, 11) is 0. The quantitative estimate of drug-likeness (QED) is 0.345. The average Bonchev–Trinajstić information content (AvgIpc) is 2.67. The summed E-state index contributed by atoms with van der Waals surface area (Å²) in [5.41, 5.74) is -0.101. The molecule has 0 bridgehead atoms. The lowest BCUT2D eigenvalue weighted by molar-refractivity contribution is -0.384. The van der Waals surface area contributed by atoms with Gasteiger partial charge in [-0.3, -0.25) is 14.9 Å². The summed E-state index contributed by atoms with van der Waals surface area (Å²) in [5.74, 6) is -2.34. The van der Waals surface area contributed by atoms with Crippen LogP contribution in [0.15, 0.2) is 36.4 Å². The monoisotopic (exact) mass is 411 g/mol. The smallest absolute Gasteiger partial charge is 0.341 e. The lowest BCUT2D eigenvalue weighted by atomic mass is 10.1. The molecule has 28 heavy (non-hydrogen) atoms. The second-order valence-electron chi connectivity index (χ2n) is 5.39. The Morgan fingerprint density at radius 1 is 1.25 bits per heavy atom. The van der Waals surface area contributed by atoms with Gasteiger partial charge in [0.05, 0.1) is 22.1 Å². The molecular weight excluding hydrogens is 397 g/mol. The molecule has 148 valence electrons. The first-order valence-corrected chi connectivity index (χ1v) is 8.25. The third kappa shape index (κ3) is 5.63. The van der Waals surface area contributed by atoms with E-state index >= 15 is 0 Å². The maximum atomic E-state index is 13.1. The van der Waals surface area contributed by atoms with Crippen molar-refractivity contribution in [2.75, 3.05) is 30.4 Å². The van der Waals surface area contributed by atoms with Crippen LogP contribution in [0.1, 0.15) is 10.4 Å². The zero-order valence-corrected chi connectivity index (χ0v) is 15.0. The number of ether oxygens (including phenoxy) is 1. The number of nitrogens with zero attached hydrogens (tertiary/aromatic N) is 1. The van der Waals surface area contributed by atoms with Crippen LogP contribution in [0.4, 0.5) is 21.5 Å². The van der Waals surface area contributed by atoms with E-state index in [0.717, 1.165) is 12.1 Å². The summed E-state index contributed by atoms with van der Waals surface area (Å²) >= 11 is 5.61. The zero-order valence-electron chi connectivity index (χ0n) is 14.3. The first kappa shape index (κ1) is 21.1. The van der Waals surface area contributed by atoms with E-state index in [1.54, 1.807) is 0 Å². The number of nitrogens with one attached hydrogen (secondary N) is 2. The van der Waals surface area contributed by atoms with Crippen molar-refractivity contribution >= 4 is 40.5 Å². The minimum atomic E-state index is -0.976. The number of benzene rings is 2. The van der Waals surface area contributed by atoms with Gasteiger partial charge < -0.3 is 20.5 Å². The summed E-state index contributed by atoms with van der Waals surface area (Å²) in [5, 5.41) is 24.7. The normalized spacial score (nSPS) is 10.2. The van der Waals surface area contributed by atoms with Gasteiger partial charge in [-0.1, -0.05) is 11.6 Å². The molecule has 0 heterocycles. The number of esters is 1. The van der Waals surface area contributed by atoms with Gasteiger partial charge in [0, 0.05) is 30.1 Å². The van der Waals surface area contributed by atoms with Crippen LogP contribution in [0.2, 0.25) is 5.02 Å². The maximum Gasteiger partial charge on any atom is 0.341 e. The second kappa shape index (κ2) is 9.62. The van der Waals surface area contributed by atoms with Crippen LogP contribution in [0.5, 0.6) is 0 Å². The van der Waals surface area contributed by atoms with E-state index in [4.69, 9.17) is 21.4 Å². The van der Waals surface area contributed by atoms with Crippen LogP contribution in [0.25, 0.3) is 0 Å². The number of hydrogen-bond acceptors (Lipinski definition) is 7. The third-order valence-corrected chi connectivity index (χ3v) is 3.69. The fraction of sp³-hybridized carbons (Fsp3) is 0.176. The van der Waals surface area contributed by atoms with E-state index in [1.807, 2.05) is 0 Å². The molecule has 0 aliphatic heterocycles. The Hall–Kier alpha value is -3.24. The lowest BCUT2D eigenvalue weighted by Crippen LogP contribution is -2.21. The number of rotatable bonds is 8. The largest absolute Gasteiger partial charge is 0.452 e. The van der Waals surface area contributed by atoms with Crippen molar-refractivity contribution in [2.45, 2.75) is 0 Å². The average molecular weight is 412 g/mol. The summed E-state index contributed by atoms with van der Waals surface area (Å²) in [6.45, 7) is -0.812. The van der Waals surface area contributed by atoms with Gasteiger partial charge in [-0.2, -0.15) is 0 Å². The Kier molecular flexibility index (Phi) is 7.24. The molecule has 9 nitrogen and oxygen atoms in total. The van der Waals surface area contributed by atoms with E-state index in [9.17, 15) is 24.1 Å². The van der Waals surface area contributed by atoms with Crippen LogP contribution in [-0.2, 0) is 9.53 Å². The molecule has 1 amide bonds. The van der Waals surface area contributed by atoms with E-state index in [1.165, 1.54) is 24.3 Å². The van der Waals surface area contributed by atoms with E-state index in [0.29, 0.717) is 0 Å². The first-order valence-electron chi connectivity index (χ1n) is 7.87. The number of nitro benzene ring substituents is 1. The van der Waals surface area contributed by atoms with Crippen molar-refractivity contribution in [1.82, 2.24) is 0 Å². The highest BCUT2D eigenvalue weighted by Crippen LogP contribution is 2.23. The zero-order chi connectivity index (χ0) is 20.7. The Labute approximate surface area is 163 Å². The standard InChI is InChI=1S/C17H15ClFN3O6/c18-13-7-10(1-3-14(13)19)21-16(24)9-28-17(25)12-8-11(22(26)27)2-4-15(12)20-5-6-23/h1-4,7-8,20,23H,5-6,9H2,(H,21,24). The summed E-state index contributed by atoms with van der Waals surface area (Å²) in [6, 6.07) is 7.00. The number of non-ortho nitro benzene ring substituents is 1. The number of aliphatic hydroxyl groups excluding tert-OH is 1. The van der Waals surface area contributed by atoms with Crippen LogP contribution < -0.4 is 10.6 Å². The summed E-state index contributed by atoms with van der Waals surface area (Å²) in [6.07, 6.45) is 0. The van der Waals surface area contributed by atoms with Crippen LogP contribution in [-0.4, -0.2) is 41.7 Å². The molecule has 2 rings (SSSR count). The number of nitro groups is 1. The van der Waals surface area contributed by atoms with E-state index in [-0.39, 0.29) is 40.8 Å². The predicted octanol–water partition coefficient (Wildman–Crippen LogP) is 2.59. The highest BCUT2D eigenvalue weighted by Gasteiger charge is 2.19. The summed E-state index contributed by atoms with van der Waals surface area (Å²) in [4.78, 5) is 34.4. The Bertz CT molecular complexity index is 908. The molecule has 0 aliphatic rings. The van der Waals surface area contributed by atoms with Crippen LogP contribution >= 0.6 is 11.6 Å². The van der Waals surface area contributed by atoms with Crippen molar-refractivity contribution < 1.29 is 28.7 Å².